The van der Waals surface area contributed by atoms with Crippen molar-refractivity contribution in [2.45, 2.75) is 25.4 Å². The van der Waals surface area contributed by atoms with Gasteiger partial charge in [-0.25, -0.2) is 9.97 Å². The third-order valence-electron chi connectivity index (χ3n) is 2.93. The highest BCUT2D eigenvalue weighted by atomic mass is 16.5. The van der Waals surface area contributed by atoms with Gasteiger partial charge < -0.3 is 10.5 Å². The van der Waals surface area contributed by atoms with E-state index in [0.717, 1.165) is 19.3 Å². The Morgan fingerprint density at radius 2 is 2.25 bits per heavy atom. The summed E-state index contributed by atoms with van der Waals surface area (Å²) >= 11 is 0. The molecule has 2 unspecified atom stereocenters. The molecule has 1 aromatic heterocycles. The molecule has 0 saturated heterocycles. The van der Waals surface area contributed by atoms with E-state index in [-0.39, 0.29) is 11.8 Å². The Morgan fingerprint density at radius 1 is 1.44 bits per heavy atom. The highest BCUT2D eigenvalue weighted by Crippen LogP contribution is 2.28. The number of nitriles is 1. The normalized spacial score (nSPS) is 24.0. The van der Waals surface area contributed by atoms with Gasteiger partial charge in [0.2, 0.25) is 5.69 Å². The summed E-state index contributed by atoms with van der Waals surface area (Å²) in [5, 5.41) is 8.86. The molecule has 1 aliphatic rings. The van der Waals surface area contributed by atoms with Crippen molar-refractivity contribution >= 4 is 0 Å². The zero-order valence-electron chi connectivity index (χ0n) is 8.97. The largest absolute Gasteiger partial charge is 0.472 e. The molecule has 0 radical (unpaired) electrons. The van der Waals surface area contributed by atoms with Crippen LogP contribution in [-0.2, 0) is 0 Å². The molecule has 84 valence electrons. The van der Waals surface area contributed by atoms with Gasteiger partial charge in [0.1, 0.15) is 12.2 Å². The van der Waals surface area contributed by atoms with Gasteiger partial charge in [0.25, 0.3) is 5.88 Å². The van der Waals surface area contributed by atoms with Crippen LogP contribution in [0.3, 0.4) is 0 Å². The Balaban J connectivity index is 2.12. The molecule has 1 saturated carbocycles. The molecule has 1 heterocycles. The average Bonchev–Trinajstić information content (AvgIpc) is 2.77. The molecule has 0 aromatic carbocycles. The van der Waals surface area contributed by atoms with Crippen LogP contribution < -0.4 is 10.5 Å². The van der Waals surface area contributed by atoms with Crippen LogP contribution in [0.1, 0.15) is 25.0 Å². The van der Waals surface area contributed by atoms with E-state index in [0.29, 0.717) is 18.3 Å². The molecule has 0 aliphatic heterocycles. The maximum absolute atomic E-state index is 8.86. The van der Waals surface area contributed by atoms with Crippen molar-refractivity contribution in [1.82, 2.24) is 9.97 Å². The highest BCUT2D eigenvalue weighted by Gasteiger charge is 2.28. The Bertz CT molecular complexity index is 401. The summed E-state index contributed by atoms with van der Waals surface area (Å²) < 4.78 is 5.72. The fraction of sp³-hybridized carbons (Fsp3) is 0.545. The van der Waals surface area contributed by atoms with Crippen LogP contribution in [0.25, 0.3) is 0 Å². The van der Waals surface area contributed by atoms with Gasteiger partial charge in [-0.2, -0.15) is 5.26 Å². The number of nitrogens with two attached hydrogens (primary N) is 1. The predicted molar refractivity (Wildman–Crippen MR) is 57.6 cm³/mol. The second-order valence-corrected chi connectivity index (χ2v) is 3.90. The SMILES string of the molecule is N#Cc1nccnc1OC1CCCC1CN. The molecule has 2 atom stereocenters. The van der Waals surface area contributed by atoms with Gasteiger partial charge in [0.15, 0.2) is 0 Å². The monoisotopic (exact) mass is 218 g/mol. The summed E-state index contributed by atoms with van der Waals surface area (Å²) in [5.41, 5.74) is 5.91. The second-order valence-electron chi connectivity index (χ2n) is 3.90. The maximum atomic E-state index is 8.86. The van der Waals surface area contributed by atoms with Crippen molar-refractivity contribution in [2.24, 2.45) is 11.7 Å². The number of aromatic nitrogens is 2. The molecule has 0 spiro atoms. The molecule has 2 N–H and O–H groups in total. The summed E-state index contributed by atoms with van der Waals surface area (Å²) in [7, 11) is 0. The fourth-order valence-electron chi connectivity index (χ4n) is 2.06. The van der Waals surface area contributed by atoms with Crippen LogP contribution >= 0.6 is 0 Å². The first-order valence-corrected chi connectivity index (χ1v) is 5.43. The van der Waals surface area contributed by atoms with Gasteiger partial charge in [-0.3, -0.25) is 0 Å². The molecule has 0 amide bonds. The smallest absolute Gasteiger partial charge is 0.251 e. The molecule has 5 heteroatoms. The summed E-state index contributed by atoms with van der Waals surface area (Å²) in [4.78, 5) is 7.94. The zero-order valence-corrected chi connectivity index (χ0v) is 8.97. The van der Waals surface area contributed by atoms with Crippen LogP contribution in [-0.4, -0.2) is 22.6 Å². The molecule has 1 aliphatic carbocycles. The van der Waals surface area contributed by atoms with Gasteiger partial charge in [-0.1, -0.05) is 0 Å². The summed E-state index contributed by atoms with van der Waals surface area (Å²) in [6, 6.07) is 1.97. The van der Waals surface area contributed by atoms with E-state index >= 15 is 0 Å². The minimum Gasteiger partial charge on any atom is -0.472 e. The van der Waals surface area contributed by atoms with Crippen molar-refractivity contribution < 1.29 is 4.74 Å². The standard InChI is InChI=1S/C11H14N4O/c12-6-8-2-1-3-10(8)16-11-9(7-13)14-4-5-15-11/h4-5,8,10H,1-3,6,12H2. The van der Waals surface area contributed by atoms with Crippen molar-refractivity contribution in [3.8, 4) is 11.9 Å². The Morgan fingerprint density at radius 3 is 3.00 bits per heavy atom. The van der Waals surface area contributed by atoms with Crippen LogP contribution in [0, 0.1) is 17.2 Å². The van der Waals surface area contributed by atoms with Crippen molar-refractivity contribution in [3.05, 3.63) is 18.1 Å². The Labute approximate surface area is 94.3 Å². The van der Waals surface area contributed by atoms with E-state index in [1.165, 1.54) is 12.4 Å². The zero-order chi connectivity index (χ0) is 11.4. The first-order valence-electron chi connectivity index (χ1n) is 5.43. The molecular formula is C11H14N4O. The number of rotatable bonds is 3. The lowest BCUT2D eigenvalue weighted by Crippen LogP contribution is -2.28. The van der Waals surface area contributed by atoms with Gasteiger partial charge >= 0.3 is 0 Å². The van der Waals surface area contributed by atoms with Crippen molar-refractivity contribution in [1.29, 1.82) is 5.26 Å². The van der Waals surface area contributed by atoms with E-state index in [4.69, 9.17) is 15.7 Å². The van der Waals surface area contributed by atoms with E-state index < -0.39 is 0 Å². The molecule has 0 bridgehead atoms. The Kier molecular flexibility index (Phi) is 3.32. The van der Waals surface area contributed by atoms with E-state index in [9.17, 15) is 0 Å². The Hall–Kier alpha value is -1.67. The summed E-state index contributed by atoms with van der Waals surface area (Å²) in [6.07, 6.45) is 6.28. The van der Waals surface area contributed by atoms with E-state index in [2.05, 4.69) is 9.97 Å². The lowest BCUT2D eigenvalue weighted by atomic mass is 10.1. The van der Waals surface area contributed by atoms with E-state index in [1.54, 1.807) is 0 Å². The van der Waals surface area contributed by atoms with Gasteiger partial charge in [-0.05, 0) is 25.8 Å². The molecule has 5 nitrogen and oxygen atoms in total. The lowest BCUT2D eigenvalue weighted by Gasteiger charge is -2.19. The minimum absolute atomic E-state index is 0.0776. The minimum atomic E-state index is 0.0776. The van der Waals surface area contributed by atoms with Gasteiger partial charge in [-0.15, -0.1) is 0 Å². The van der Waals surface area contributed by atoms with E-state index in [1.807, 2.05) is 6.07 Å². The third kappa shape index (κ3) is 2.12. The van der Waals surface area contributed by atoms with Gasteiger partial charge in [0, 0.05) is 18.3 Å². The van der Waals surface area contributed by atoms with Crippen LogP contribution in [0.15, 0.2) is 12.4 Å². The van der Waals surface area contributed by atoms with Crippen LogP contribution in [0.2, 0.25) is 0 Å². The quantitative estimate of drug-likeness (QED) is 0.813. The number of hydrogen-bond acceptors (Lipinski definition) is 5. The molecule has 1 aromatic rings. The average molecular weight is 218 g/mol. The first-order chi connectivity index (χ1) is 7.85. The first kappa shape index (κ1) is 10.8. The maximum Gasteiger partial charge on any atom is 0.251 e. The lowest BCUT2D eigenvalue weighted by molar-refractivity contribution is 0.154. The van der Waals surface area contributed by atoms with Crippen LogP contribution in [0.4, 0.5) is 0 Å². The summed E-state index contributed by atoms with van der Waals surface area (Å²) in [5.74, 6) is 0.698. The molecule has 1 fully saturated rings. The topological polar surface area (TPSA) is 84.8 Å². The van der Waals surface area contributed by atoms with Crippen molar-refractivity contribution in [3.63, 3.8) is 0 Å². The number of hydrogen-bond donors (Lipinski definition) is 1. The fourth-order valence-corrected chi connectivity index (χ4v) is 2.06. The second kappa shape index (κ2) is 4.90. The van der Waals surface area contributed by atoms with Gasteiger partial charge in [0.05, 0.1) is 0 Å². The molecular weight excluding hydrogens is 204 g/mol. The third-order valence-corrected chi connectivity index (χ3v) is 2.93. The predicted octanol–water partition coefficient (Wildman–Crippen LogP) is 0.854. The molecule has 16 heavy (non-hydrogen) atoms. The van der Waals surface area contributed by atoms with Crippen LogP contribution in [0.5, 0.6) is 5.88 Å². The molecule has 2 rings (SSSR count). The van der Waals surface area contributed by atoms with Crippen molar-refractivity contribution in [2.75, 3.05) is 6.54 Å². The highest BCUT2D eigenvalue weighted by molar-refractivity contribution is 5.30. The number of nitrogens with zero attached hydrogens (tertiary/aromatic N) is 3. The number of ether oxygens (including phenoxy) is 1. The summed E-state index contributed by atoms with van der Waals surface area (Å²) in [6.45, 7) is 0.618.